The van der Waals surface area contributed by atoms with Crippen molar-refractivity contribution in [1.29, 1.82) is 0 Å². The Morgan fingerprint density at radius 3 is 2.38 bits per heavy atom. The molecule has 0 bridgehead atoms. The second kappa shape index (κ2) is 10.2. The van der Waals surface area contributed by atoms with Gasteiger partial charge in [0.25, 0.3) is 0 Å². The fourth-order valence-electron chi connectivity index (χ4n) is 6.24. The Labute approximate surface area is 215 Å². The largest absolute Gasteiger partial charge is 0.416 e. The highest BCUT2D eigenvalue weighted by Crippen LogP contribution is 2.44. The molecule has 1 amide bonds. The van der Waals surface area contributed by atoms with Crippen LogP contribution in [0.15, 0.2) is 30.6 Å². The molecule has 3 aliphatic rings. The molecule has 2 aliphatic heterocycles. The maximum atomic E-state index is 13.9. The first kappa shape index (κ1) is 25.9. The fraction of sp³-hybridized carbons (Fsp3) is 0.593. The zero-order valence-electron chi connectivity index (χ0n) is 21.5. The molecule has 37 heavy (non-hydrogen) atoms. The molecule has 4 atom stereocenters. The number of carbonyl (C=O) groups is 1. The summed E-state index contributed by atoms with van der Waals surface area (Å²) >= 11 is 0. The van der Waals surface area contributed by atoms with E-state index in [0.29, 0.717) is 31.7 Å². The second-order valence-electron chi connectivity index (χ2n) is 10.5. The molecule has 1 aromatic carbocycles. The minimum absolute atomic E-state index is 0.0149. The Morgan fingerprint density at radius 2 is 1.78 bits per heavy atom. The Bertz CT molecular complexity index is 1120. The van der Waals surface area contributed by atoms with Gasteiger partial charge in [-0.25, -0.2) is 9.97 Å². The number of nitrogens with zero attached hydrogens (tertiary/aromatic N) is 5. The molecule has 1 unspecified atom stereocenters. The third-order valence-electron chi connectivity index (χ3n) is 8.26. The van der Waals surface area contributed by atoms with E-state index in [1.54, 1.807) is 13.4 Å². The summed E-state index contributed by atoms with van der Waals surface area (Å²) in [7, 11) is 3.69. The van der Waals surface area contributed by atoms with E-state index in [4.69, 9.17) is 4.74 Å². The van der Waals surface area contributed by atoms with Gasteiger partial charge in [-0.05, 0) is 56.5 Å². The maximum Gasteiger partial charge on any atom is 0.416 e. The van der Waals surface area contributed by atoms with E-state index >= 15 is 0 Å². The van der Waals surface area contributed by atoms with Crippen LogP contribution in [0.2, 0.25) is 0 Å². The van der Waals surface area contributed by atoms with Crippen molar-refractivity contribution in [1.82, 2.24) is 19.8 Å². The molecule has 2 fully saturated rings. The van der Waals surface area contributed by atoms with Crippen molar-refractivity contribution in [3.8, 4) is 0 Å². The van der Waals surface area contributed by atoms with Gasteiger partial charge < -0.3 is 19.4 Å². The Hall–Kier alpha value is -2.72. The van der Waals surface area contributed by atoms with Crippen LogP contribution in [0.5, 0.6) is 0 Å². The summed E-state index contributed by atoms with van der Waals surface area (Å²) in [4.78, 5) is 29.2. The van der Waals surface area contributed by atoms with E-state index in [1.165, 1.54) is 12.1 Å². The van der Waals surface area contributed by atoms with Gasteiger partial charge in [-0.1, -0.05) is 19.1 Å². The molecule has 0 radical (unpaired) electrons. The summed E-state index contributed by atoms with van der Waals surface area (Å²) in [5.41, 5.74) is 2.03. The fourth-order valence-corrected chi connectivity index (χ4v) is 6.24. The van der Waals surface area contributed by atoms with Gasteiger partial charge in [0, 0.05) is 44.9 Å². The monoisotopic (exact) mass is 517 g/mol. The average molecular weight is 518 g/mol. The molecule has 0 N–H and O–H groups in total. The van der Waals surface area contributed by atoms with E-state index in [1.807, 2.05) is 11.9 Å². The zero-order chi connectivity index (χ0) is 26.3. The molecule has 10 heteroatoms. The van der Waals surface area contributed by atoms with Crippen LogP contribution in [-0.2, 0) is 15.7 Å². The third-order valence-corrected chi connectivity index (χ3v) is 8.26. The number of anilines is 1. The molecule has 7 nitrogen and oxygen atoms in total. The number of aromatic nitrogens is 2. The third kappa shape index (κ3) is 4.93. The van der Waals surface area contributed by atoms with E-state index in [0.717, 1.165) is 55.0 Å². The number of likely N-dealkylation sites (tertiary alicyclic amines) is 1. The molecule has 1 aromatic heterocycles. The lowest BCUT2D eigenvalue weighted by molar-refractivity contribution is -0.137. The van der Waals surface area contributed by atoms with Gasteiger partial charge in [0.1, 0.15) is 18.2 Å². The second-order valence-corrected chi connectivity index (χ2v) is 10.5. The smallest absolute Gasteiger partial charge is 0.375 e. The normalized spacial score (nSPS) is 25.4. The van der Waals surface area contributed by atoms with Crippen molar-refractivity contribution >= 4 is 11.7 Å². The summed E-state index contributed by atoms with van der Waals surface area (Å²) < 4.78 is 45.1. The van der Waals surface area contributed by atoms with Crippen LogP contribution >= 0.6 is 0 Å². The van der Waals surface area contributed by atoms with Crippen LogP contribution in [0.25, 0.3) is 0 Å². The lowest BCUT2D eigenvalue weighted by Crippen LogP contribution is -2.52. The standard InChI is InChI=1S/C27H34F3N5O2/c1-17-15-21(37-3)24-22(17)25(32-16-31-24)34-11-13-35(14-12-34)26(36)23(20-5-4-10-33(20)2)18-6-8-19(9-7-18)27(28,29)30/h6-9,16-17,20-21,23H,4-5,10-15H2,1-3H3/t17?,20-,21+,23-/m0/s1. The first-order valence-corrected chi connectivity index (χ1v) is 13.0. The minimum atomic E-state index is -4.40. The minimum Gasteiger partial charge on any atom is -0.375 e. The topological polar surface area (TPSA) is 61.8 Å². The number of likely N-dealkylation sites (N-methyl/N-ethyl adjacent to an activating group) is 1. The molecule has 200 valence electrons. The van der Waals surface area contributed by atoms with Crippen molar-refractivity contribution in [2.75, 3.05) is 51.8 Å². The van der Waals surface area contributed by atoms with Crippen molar-refractivity contribution in [2.45, 2.75) is 56.3 Å². The lowest BCUT2D eigenvalue weighted by Gasteiger charge is -2.39. The number of amides is 1. The van der Waals surface area contributed by atoms with E-state index < -0.39 is 17.7 Å². The van der Waals surface area contributed by atoms with E-state index in [2.05, 4.69) is 26.7 Å². The van der Waals surface area contributed by atoms with Gasteiger partial charge in [-0.15, -0.1) is 0 Å². The predicted molar refractivity (Wildman–Crippen MR) is 133 cm³/mol. The van der Waals surface area contributed by atoms with Crippen molar-refractivity contribution < 1.29 is 22.7 Å². The Kier molecular flexibility index (Phi) is 7.15. The van der Waals surface area contributed by atoms with Crippen molar-refractivity contribution in [2.24, 2.45) is 0 Å². The van der Waals surface area contributed by atoms with Gasteiger partial charge >= 0.3 is 6.18 Å². The lowest BCUT2D eigenvalue weighted by atomic mass is 9.87. The van der Waals surface area contributed by atoms with Gasteiger partial charge in [-0.2, -0.15) is 13.2 Å². The van der Waals surface area contributed by atoms with Crippen LogP contribution in [-0.4, -0.2) is 78.6 Å². The number of hydrogen-bond acceptors (Lipinski definition) is 6. The van der Waals surface area contributed by atoms with Crippen LogP contribution in [0, 0.1) is 0 Å². The average Bonchev–Trinajstić information content (AvgIpc) is 3.46. The van der Waals surface area contributed by atoms with Crippen molar-refractivity contribution in [3.63, 3.8) is 0 Å². The van der Waals surface area contributed by atoms with Crippen LogP contribution in [0.1, 0.15) is 66.5 Å². The number of benzene rings is 1. The maximum absolute atomic E-state index is 13.9. The number of piperazine rings is 1. The molecule has 0 spiro atoms. The summed E-state index contributed by atoms with van der Waals surface area (Å²) in [6.07, 6.45) is -0.146. The SMILES string of the molecule is CO[C@@H]1CC(C)c2c1ncnc2N1CCN(C(=O)[C@@H](c2ccc(C(F)(F)F)cc2)[C@@H]2CCCN2C)CC1. The molecule has 3 heterocycles. The van der Waals surface area contributed by atoms with Crippen molar-refractivity contribution in [3.05, 3.63) is 53.0 Å². The molecule has 5 rings (SSSR count). The first-order valence-electron chi connectivity index (χ1n) is 13.0. The number of methoxy groups -OCH3 is 1. The number of halogens is 3. The van der Waals surface area contributed by atoms with Crippen LogP contribution in [0.3, 0.4) is 0 Å². The van der Waals surface area contributed by atoms with Crippen LogP contribution in [0.4, 0.5) is 19.0 Å². The predicted octanol–water partition coefficient (Wildman–Crippen LogP) is 4.22. The molecule has 2 aromatic rings. The van der Waals surface area contributed by atoms with Gasteiger partial charge in [-0.3, -0.25) is 4.79 Å². The molecule has 0 saturated carbocycles. The first-order chi connectivity index (χ1) is 17.7. The molecular weight excluding hydrogens is 483 g/mol. The number of carbonyl (C=O) groups excluding carboxylic acids is 1. The molecular formula is C27H34F3N5O2. The number of alkyl halides is 3. The zero-order valence-corrected chi connectivity index (χ0v) is 21.5. The summed E-state index contributed by atoms with van der Waals surface area (Å²) in [5, 5.41) is 0. The highest BCUT2D eigenvalue weighted by atomic mass is 19.4. The van der Waals surface area contributed by atoms with Gasteiger partial charge in [0.05, 0.1) is 17.2 Å². The van der Waals surface area contributed by atoms with Gasteiger partial charge in [0.15, 0.2) is 0 Å². The number of ether oxygens (including phenoxy) is 1. The van der Waals surface area contributed by atoms with Crippen LogP contribution < -0.4 is 4.90 Å². The molecule has 1 aliphatic carbocycles. The Balaban J connectivity index is 1.34. The highest BCUT2D eigenvalue weighted by Gasteiger charge is 2.40. The number of rotatable bonds is 5. The molecule has 2 saturated heterocycles. The van der Waals surface area contributed by atoms with E-state index in [-0.39, 0.29) is 24.0 Å². The van der Waals surface area contributed by atoms with Gasteiger partial charge in [0.2, 0.25) is 5.91 Å². The summed E-state index contributed by atoms with van der Waals surface area (Å²) in [5.74, 6) is 0.697. The Morgan fingerprint density at radius 1 is 1.08 bits per heavy atom. The number of fused-ring (bicyclic) bond motifs is 1. The quantitative estimate of drug-likeness (QED) is 0.592. The summed E-state index contributed by atoms with van der Waals surface area (Å²) in [6.45, 7) is 5.39. The highest BCUT2D eigenvalue weighted by molar-refractivity contribution is 5.85. The van der Waals surface area contributed by atoms with E-state index in [9.17, 15) is 18.0 Å². The summed E-state index contributed by atoms with van der Waals surface area (Å²) in [6, 6.07) is 5.11. The number of hydrogen-bond donors (Lipinski definition) is 0.